The van der Waals surface area contributed by atoms with Crippen LogP contribution in [-0.4, -0.2) is 6.21 Å². The number of para-hydroxylation sites is 2. The van der Waals surface area contributed by atoms with E-state index in [-0.39, 0.29) is 0 Å². The van der Waals surface area contributed by atoms with E-state index in [1.165, 1.54) is 4.90 Å². The van der Waals surface area contributed by atoms with Gasteiger partial charge in [0.05, 0.1) is 5.69 Å². The van der Waals surface area contributed by atoms with Gasteiger partial charge in [-0.2, -0.15) is 0 Å². The van der Waals surface area contributed by atoms with E-state index >= 15 is 0 Å². The highest BCUT2D eigenvalue weighted by Gasteiger charge is 2.03. The monoisotopic (exact) mass is 381 g/mol. The summed E-state index contributed by atoms with van der Waals surface area (Å²) in [6.07, 6.45) is 1.88. The molecule has 0 amide bonds. The second-order valence-corrected chi connectivity index (χ2v) is 7.24. The van der Waals surface area contributed by atoms with Crippen molar-refractivity contribution >= 4 is 23.7 Å². The minimum absolute atomic E-state index is 0.794. The number of hydrogen-bond donors (Lipinski definition) is 0. The van der Waals surface area contributed by atoms with Crippen LogP contribution in [-0.2, 0) is 0 Å². The molecule has 28 heavy (non-hydrogen) atoms. The highest BCUT2D eigenvalue weighted by atomic mass is 32.2. The highest BCUT2D eigenvalue weighted by Crippen LogP contribution is 2.34. The molecule has 0 saturated carbocycles. The number of ether oxygens (including phenoxy) is 1. The molecule has 4 rings (SSSR count). The van der Waals surface area contributed by atoms with Crippen LogP contribution in [0.3, 0.4) is 0 Å². The van der Waals surface area contributed by atoms with Crippen molar-refractivity contribution < 1.29 is 4.74 Å². The van der Waals surface area contributed by atoms with Gasteiger partial charge >= 0.3 is 0 Å². The quantitative estimate of drug-likeness (QED) is 0.325. The zero-order valence-corrected chi connectivity index (χ0v) is 16.0. The molecule has 0 aliphatic carbocycles. The van der Waals surface area contributed by atoms with E-state index in [2.05, 4.69) is 18.2 Å². The Balaban J connectivity index is 1.52. The molecule has 0 fully saturated rings. The Morgan fingerprint density at radius 3 is 2.14 bits per heavy atom. The van der Waals surface area contributed by atoms with E-state index in [0.717, 1.165) is 27.6 Å². The van der Waals surface area contributed by atoms with Crippen LogP contribution < -0.4 is 4.74 Å². The van der Waals surface area contributed by atoms with Crippen LogP contribution in [0.4, 0.5) is 5.69 Å². The number of benzene rings is 4. The molecule has 0 atom stereocenters. The summed E-state index contributed by atoms with van der Waals surface area (Å²) < 4.78 is 5.91. The maximum absolute atomic E-state index is 5.91. The normalized spacial score (nSPS) is 10.9. The average molecular weight is 382 g/mol. The molecule has 0 bridgehead atoms. The van der Waals surface area contributed by atoms with Crippen LogP contribution in [0.25, 0.3) is 0 Å². The van der Waals surface area contributed by atoms with Crippen molar-refractivity contribution in [1.29, 1.82) is 0 Å². The third kappa shape index (κ3) is 4.90. The van der Waals surface area contributed by atoms with Crippen molar-refractivity contribution in [1.82, 2.24) is 0 Å². The lowest BCUT2D eigenvalue weighted by Crippen LogP contribution is -1.86. The SMILES string of the molecule is C(=Nc1ccccc1Sc1ccccc1)c1cccc(Oc2ccccc2)c1. The molecule has 136 valence electrons. The van der Waals surface area contributed by atoms with Crippen molar-refractivity contribution in [2.75, 3.05) is 0 Å². The Morgan fingerprint density at radius 2 is 1.32 bits per heavy atom. The van der Waals surface area contributed by atoms with Gasteiger partial charge in [0.15, 0.2) is 0 Å². The first-order valence-corrected chi connectivity index (χ1v) is 9.87. The first-order chi connectivity index (χ1) is 13.9. The van der Waals surface area contributed by atoms with Gasteiger partial charge in [0.25, 0.3) is 0 Å². The number of hydrogen-bond acceptors (Lipinski definition) is 3. The van der Waals surface area contributed by atoms with Crippen molar-refractivity contribution in [3.8, 4) is 11.5 Å². The van der Waals surface area contributed by atoms with Crippen molar-refractivity contribution in [2.45, 2.75) is 9.79 Å². The summed E-state index contributed by atoms with van der Waals surface area (Å²) in [4.78, 5) is 7.04. The van der Waals surface area contributed by atoms with Crippen LogP contribution in [0.1, 0.15) is 5.56 Å². The van der Waals surface area contributed by atoms with Gasteiger partial charge in [-0.25, -0.2) is 0 Å². The second-order valence-electron chi connectivity index (χ2n) is 6.13. The average Bonchev–Trinajstić information content (AvgIpc) is 2.75. The molecule has 3 heteroatoms. The highest BCUT2D eigenvalue weighted by molar-refractivity contribution is 7.99. The Kier molecular flexibility index (Phi) is 5.86. The van der Waals surface area contributed by atoms with Crippen molar-refractivity contribution in [2.24, 2.45) is 4.99 Å². The van der Waals surface area contributed by atoms with Crippen LogP contribution in [0, 0.1) is 0 Å². The van der Waals surface area contributed by atoms with Gasteiger partial charge in [-0.3, -0.25) is 4.99 Å². The fourth-order valence-corrected chi connectivity index (χ4v) is 3.61. The Morgan fingerprint density at radius 1 is 0.643 bits per heavy atom. The fraction of sp³-hybridized carbons (Fsp3) is 0. The molecular formula is C25H19NOS. The Bertz CT molecular complexity index is 1060. The lowest BCUT2D eigenvalue weighted by atomic mass is 10.2. The van der Waals surface area contributed by atoms with E-state index in [9.17, 15) is 0 Å². The summed E-state index contributed by atoms with van der Waals surface area (Å²) in [7, 11) is 0. The molecule has 0 aliphatic rings. The molecule has 0 spiro atoms. The zero-order valence-electron chi connectivity index (χ0n) is 15.2. The largest absolute Gasteiger partial charge is 0.457 e. The molecule has 0 aromatic heterocycles. The topological polar surface area (TPSA) is 21.6 Å². The van der Waals surface area contributed by atoms with Gasteiger partial charge in [-0.05, 0) is 54.1 Å². The number of nitrogens with zero attached hydrogens (tertiary/aromatic N) is 1. The Hall–Kier alpha value is -3.30. The molecule has 0 aliphatic heterocycles. The maximum Gasteiger partial charge on any atom is 0.128 e. The summed E-state index contributed by atoms with van der Waals surface area (Å²) in [5.41, 5.74) is 1.94. The van der Waals surface area contributed by atoms with Gasteiger partial charge < -0.3 is 4.74 Å². The summed E-state index contributed by atoms with van der Waals surface area (Å²) in [5.74, 6) is 1.61. The summed E-state index contributed by atoms with van der Waals surface area (Å²) in [6, 6.07) is 36.2. The van der Waals surface area contributed by atoms with Crippen molar-refractivity contribution in [3.05, 3.63) is 115 Å². The summed E-state index contributed by atoms with van der Waals surface area (Å²) >= 11 is 1.72. The summed E-state index contributed by atoms with van der Waals surface area (Å²) in [5, 5.41) is 0. The molecule has 0 saturated heterocycles. The van der Waals surface area contributed by atoms with Gasteiger partial charge in [0.2, 0.25) is 0 Å². The van der Waals surface area contributed by atoms with Gasteiger partial charge in [0, 0.05) is 16.0 Å². The summed E-state index contributed by atoms with van der Waals surface area (Å²) in [6.45, 7) is 0. The van der Waals surface area contributed by atoms with Crippen LogP contribution in [0.5, 0.6) is 11.5 Å². The van der Waals surface area contributed by atoms with E-state index in [4.69, 9.17) is 9.73 Å². The van der Waals surface area contributed by atoms with E-state index in [1.807, 2.05) is 97.2 Å². The molecule has 0 N–H and O–H groups in total. The van der Waals surface area contributed by atoms with Crippen molar-refractivity contribution in [3.63, 3.8) is 0 Å². The number of aliphatic imine (C=N–C) groups is 1. The van der Waals surface area contributed by atoms with E-state index in [0.29, 0.717) is 0 Å². The Labute approximate surface area is 169 Å². The molecule has 4 aromatic carbocycles. The minimum Gasteiger partial charge on any atom is -0.457 e. The zero-order chi connectivity index (χ0) is 19.0. The number of rotatable bonds is 6. The standard InChI is InChI=1S/C25H19NOS/c1-3-11-21(12-4-1)27-22-13-9-10-20(18-22)19-26-24-16-7-8-17-25(24)28-23-14-5-2-6-15-23/h1-19H. The molecule has 2 nitrogen and oxygen atoms in total. The molecule has 0 radical (unpaired) electrons. The predicted molar refractivity (Wildman–Crippen MR) is 117 cm³/mol. The van der Waals surface area contributed by atoms with Gasteiger partial charge in [0.1, 0.15) is 11.5 Å². The lowest BCUT2D eigenvalue weighted by molar-refractivity contribution is 0.482. The molecule has 0 heterocycles. The first-order valence-electron chi connectivity index (χ1n) is 9.06. The molecular weight excluding hydrogens is 362 g/mol. The third-order valence-electron chi connectivity index (χ3n) is 4.03. The van der Waals surface area contributed by atoms with Crippen LogP contribution >= 0.6 is 11.8 Å². The maximum atomic E-state index is 5.91. The first kappa shape index (κ1) is 18.1. The van der Waals surface area contributed by atoms with Gasteiger partial charge in [-0.15, -0.1) is 0 Å². The second kappa shape index (κ2) is 9.07. The van der Waals surface area contributed by atoms with Gasteiger partial charge in [-0.1, -0.05) is 72.4 Å². The lowest BCUT2D eigenvalue weighted by Gasteiger charge is -2.06. The molecule has 4 aromatic rings. The molecule has 0 unspecified atom stereocenters. The van der Waals surface area contributed by atoms with E-state index in [1.54, 1.807) is 11.8 Å². The smallest absolute Gasteiger partial charge is 0.128 e. The fourth-order valence-electron chi connectivity index (χ4n) is 2.69. The van der Waals surface area contributed by atoms with Crippen LogP contribution in [0.2, 0.25) is 0 Å². The minimum atomic E-state index is 0.794. The predicted octanol–water partition coefficient (Wildman–Crippen LogP) is 7.38. The van der Waals surface area contributed by atoms with Crippen LogP contribution in [0.15, 0.2) is 124 Å². The van der Waals surface area contributed by atoms with E-state index < -0.39 is 0 Å². The third-order valence-corrected chi connectivity index (χ3v) is 5.10.